The lowest BCUT2D eigenvalue weighted by Crippen LogP contribution is -2.02. The van der Waals surface area contributed by atoms with E-state index < -0.39 is 0 Å². The molecule has 0 bridgehead atoms. The molecular formula is C47H33N3. The molecule has 0 atom stereocenters. The molecule has 9 aromatic rings. The summed E-state index contributed by atoms with van der Waals surface area (Å²) in [5.74, 6) is 0. The van der Waals surface area contributed by atoms with E-state index in [2.05, 4.69) is 185 Å². The van der Waals surface area contributed by atoms with Crippen molar-refractivity contribution in [2.24, 2.45) is 0 Å². The van der Waals surface area contributed by atoms with E-state index in [1.165, 1.54) is 54.9 Å². The molecule has 0 fully saturated rings. The molecule has 3 heteroatoms. The zero-order chi connectivity index (χ0) is 33.0. The molecule has 0 aliphatic heterocycles. The average molecular weight is 640 g/mol. The van der Waals surface area contributed by atoms with E-state index in [0.717, 1.165) is 46.6 Å². The van der Waals surface area contributed by atoms with Crippen LogP contribution in [-0.4, -0.2) is 14.1 Å². The summed E-state index contributed by atoms with van der Waals surface area (Å²) in [6.45, 7) is 0. The van der Waals surface area contributed by atoms with Crippen LogP contribution in [0.5, 0.6) is 0 Å². The second-order valence-electron chi connectivity index (χ2n) is 13.1. The molecule has 0 saturated heterocycles. The van der Waals surface area contributed by atoms with Crippen molar-refractivity contribution in [1.29, 1.82) is 0 Å². The fraction of sp³-hybridized carbons (Fsp3) is 0.0426. The van der Waals surface area contributed by atoms with Crippen LogP contribution in [0.25, 0.3) is 83.0 Å². The fourth-order valence-corrected chi connectivity index (χ4v) is 7.90. The van der Waals surface area contributed by atoms with Crippen LogP contribution < -0.4 is 0 Å². The summed E-state index contributed by atoms with van der Waals surface area (Å²) in [5, 5.41) is 5.09. The number of aromatic nitrogens is 3. The second-order valence-corrected chi connectivity index (χ2v) is 13.1. The number of pyridine rings is 1. The van der Waals surface area contributed by atoms with E-state index in [9.17, 15) is 0 Å². The van der Waals surface area contributed by atoms with E-state index in [1.807, 2.05) is 0 Å². The minimum absolute atomic E-state index is 0.956. The molecule has 0 amide bonds. The molecule has 3 nitrogen and oxygen atoms in total. The predicted octanol–water partition coefficient (Wildman–Crippen LogP) is 12.3. The van der Waals surface area contributed by atoms with Crippen molar-refractivity contribution < 1.29 is 0 Å². The van der Waals surface area contributed by atoms with Crippen LogP contribution in [0.3, 0.4) is 0 Å². The molecule has 1 aliphatic rings. The molecule has 3 heterocycles. The number of para-hydroxylation sites is 4. The summed E-state index contributed by atoms with van der Waals surface area (Å²) in [6.07, 6.45) is 6.64. The summed E-state index contributed by atoms with van der Waals surface area (Å²) >= 11 is 0. The first kappa shape index (κ1) is 28.6. The summed E-state index contributed by atoms with van der Waals surface area (Å²) in [7, 11) is 0. The van der Waals surface area contributed by atoms with Crippen LogP contribution in [0, 0.1) is 0 Å². The van der Waals surface area contributed by atoms with Gasteiger partial charge in [-0.05, 0) is 84.1 Å². The zero-order valence-electron chi connectivity index (χ0n) is 27.5. The third-order valence-electron chi connectivity index (χ3n) is 10.2. The maximum Gasteiger partial charge on any atom is 0.0716 e. The van der Waals surface area contributed by atoms with Crippen LogP contribution >= 0.6 is 0 Å². The Labute approximate surface area is 290 Å². The first-order valence-corrected chi connectivity index (χ1v) is 17.4. The molecular weight excluding hydrogens is 607 g/mol. The van der Waals surface area contributed by atoms with Gasteiger partial charge in [-0.3, -0.25) is 0 Å². The number of benzene rings is 6. The van der Waals surface area contributed by atoms with E-state index in [0.29, 0.717) is 0 Å². The van der Waals surface area contributed by atoms with E-state index in [4.69, 9.17) is 4.98 Å². The van der Waals surface area contributed by atoms with Gasteiger partial charge < -0.3 is 9.13 Å². The summed E-state index contributed by atoms with van der Waals surface area (Å²) in [5.41, 5.74) is 13.8. The number of hydrogen-bond acceptors (Lipinski definition) is 1. The van der Waals surface area contributed by atoms with Crippen LogP contribution in [0.15, 0.2) is 176 Å². The van der Waals surface area contributed by atoms with Crippen molar-refractivity contribution in [2.75, 3.05) is 0 Å². The molecule has 0 N–H and O–H groups in total. The molecule has 0 radical (unpaired) electrons. The molecule has 0 saturated carbocycles. The number of hydrogen-bond donors (Lipinski definition) is 0. The molecule has 3 aromatic heterocycles. The largest absolute Gasteiger partial charge is 0.313 e. The normalized spacial score (nSPS) is 13.3. The molecule has 0 spiro atoms. The highest BCUT2D eigenvalue weighted by molar-refractivity contribution is 6.11. The lowest BCUT2D eigenvalue weighted by molar-refractivity contribution is 0.981. The molecule has 50 heavy (non-hydrogen) atoms. The van der Waals surface area contributed by atoms with Crippen molar-refractivity contribution in [3.63, 3.8) is 0 Å². The maximum atomic E-state index is 5.41. The van der Waals surface area contributed by atoms with E-state index >= 15 is 0 Å². The van der Waals surface area contributed by atoms with Crippen LogP contribution in [0.2, 0.25) is 0 Å². The van der Waals surface area contributed by atoms with Gasteiger partial charge in [0.2, 0.25) is 0 Å². The lowest BCUT2D eigenvalue weighted by atomic mass is 9.96. The van der Waals surface area contributed by atoms with Gasteiger partial charge >= 0.3 is 0 Å². The maximum absolute atomic E-state index is 5.41. The van der Waals surface area contributed by atoms with Crippen molar-refractivity contribution in [1.82, 2.24) is 14.1 Å². The van der Waals surface area contributed by atoms with E-state index in [1.54, 1.807) is 0 Å². The van der Waals surface area contributed by atoms with Gasteiger partial charge in [-0.25, -0.2) is 4.98 Å². The highest BCUT2D eigenvalue weighted by atomic mass is 15.0. The average Bonchev–Trinajstić information content (AvgIpc) is 3.71. The van der Waals surface area contributed by atoms with E-state index in [-0.39, 0.29) is 0 Å². The number of rotatable bonds is 5. The van der Waals surface area contributed by atoms with Gasteiger partial charge in [0.25, 0.3) is 0 Å². The highest BCUT2D eigenvalue weighted by Gasteiger charge is 2.18. The summed E-state index contributed by atoms with van der Waals surface area (Å²) < 4.78 is 4.83. The number of fused-ring (bicyclic) bond motifs is 6. The molecule has 6 aromatic carbocycles. The Bertz CT molecular complexity index is 2700. The van der Waals surface area contributed by atoms with Crippen LogP contribution in [-0.2, 0) is 0 Å². The Balaban J connectivity index is 1.14. The SMILES string of the molecule is C1=C(c2cc(-c3ccccc3)cc(-c3cccc(-n4c5ccccc5c5ccccc54)c3)n2)C=C(n2c3ccccc3c3ccccc32)CC1. The van der Waals surface area contributed by atoms with Gasteiger partial charge in [-0.2, -0.15) is 0 Å². The predicted molar refractivity (Wildman–Crippen MR) is 210 cm³/mol. The Morgan fingerprint density at radius 1 is 0.420 bits per heavy atom. The Morgan fingerprint density at radius 2 is 0.940 bits per heavy atom. The Morgan fingerprint density at radius 3 is 1.56 bits per heavy atom. The Kier molecular flexibility index (Phi) is 6.63. The lowest BCUT2D eigenvalue weighted by Gasteiger charge is -2.18. The van der Waals surface area contributed by atoms with Crippen molar-refractivity contribution >= 4 is 54.9 Å². The van der Waals surface area contributed by atoms with Gasteiger partial charge in [-0.1, -0.05) is 121 Å². The minimum Gasteiger partial charge on any atom is -0.313 e. The second kappa shape index (κ2) is 11.6. The zero-order valence-corrected chi connectivity index (χ0v) is 27.5. The minimum atomic E-state index is 0.956. The topological polar surface area (TPSA) is 22.8 Å². The summed E-state index contributed by atoms with van der Waals surface area (Å²) in [4.78, 5) is 5.41. The van der Waals surface area contributed by atoms with Gasteiger partial charge in [0.05, 0.1) is 33.5 Å². The summed E-state index contributed by atoms with van der Waals surface area (Å²) in [6, 6.07) is 58.9. The van der Waals surface area contributed by atoms with Gasteiger partial charge in [0, 0.05) is 38.5 Å². The van der Waals surface area contributed by atoms with Gasteiger partial charge in [0.15, 0.2) is 0 Å². The first-order chi connectivity index (χ1) is 24.8. The number of allylic oxidation sites excluding steroid dienone is 4. The van der Waals surface area contributed by atoms with Crippen molar-refractivity contribution in [3.05, 3.63) is 182 Å². The van der Waals surface area contributed by atoms with Crippen LogP contribution in [0.4, 0.5) is 0 Å². The monoisotopic (exact) mass is 639 g/mol. The van der Waals surface area contributed by atoms with Crippen molar-refractivity contribution in [3.8, 4) is 28.1 Å². The Hall–Kier alpha value is -6.45. The van der Waals surface area contributed by atoms with Crippen LogP contribution in [0.1, 0.15) is 18.5 Å². The standard InChI is InChI=1S/C47H33N3/c1-2-14-32(15-3-1)35-30-42(33-16-12-18-36(28-33)49-44-24-8-4-20-38(44)39-21-5-9-25-45(39)49)48-43(31-35)34-17-13-19-37(29-34)50-46-26-10-6-22-40(46)41-23-7-11-27-47(41)50/h1-12,14-18,20-31H,13,19H2. The highest BCUT2D eigenvalue weighted by Crippen LogP contribution is 2.38. The number of nitrogens with zero attached hydrogens (tertiary/aromatic N) is 3. The third kappa shape index (κ3) is 4.62. The van der Waals surface area contributed by atoms with Gasteiger partial charge in [-0.15, -0.1) is 0 Å². The molecule has 10 rings (SSSR count). The smallest absolute Gasteiger partial charge is 0.0716 e. The molecule has 0 unspecified atom stereocenters. The first-order valence-electron chi connectivity index (χ1n) is 17.4. The van der Waals surface area contributed by atoms with Gasteiger partial charge in [0.1, 0.15) is 0 Å². The quantitative estimate of drug-likeness (QED) is 0.184. The fourth-order valence-electron chi connectivity index (χ4n) is 7.90. The van der Waals surface area contributed by atoms with Crippen molar-refractivity contribution in [2.45, 2.75) is 12.8 Å². The third-order valence-corrected chi connectivity index (χ3v) is 10.2. The molecule has 1 aliphatic carbocycles. The molecule has 236 valence electrons.